The van der Waals surface area contributed by atoms with Gasteiger partial charge < -0.3 is 9.84 Å². The second kappa shape index (κ2) is 4.44. The normalized spacial score (nSPS) is 10.1. The molecule has 0 aliphatic carbocycles. The molecule has 0 radical (unpaired) electrons. The molecule has 0 unspecified atom stereocenters. The Morgan fingerprint density at radius 3 is 2.88 bits per heavy atom. The van der Waals surface area contributed by atoms with Gasteiger partial charge in [0.25, 0.3) is 5.91 Å². The van der Waals surface area contributed by atoms with Crippen LogP contribution < -0.4 is 5.32 Å². The highest BCUT2D eigenvalue weighted by Crippen LogP contribution is 2.20. The molecule has 82 valence electrons. The van der Waals surface area contributed by atoms with Crippen molar-refractivity contribution in [2.45, 2.75) is 0 Å². The van der Waals surface area contributed by atoms with E-state index in [0.29, 0.717) is 4.47 Å². The molecule has 16 heavy (non-hydrogen) atoms. The molecule has 0 aliphatic rings. The lowest BCUT2D eigenvalue weighted by Gasteiger charge is -2.04. The van der Waals surface area contributed by atoms with Crippen molar-refractivity contribution >= 4 is 27.7 Å². The Balaban J connectivity index is 2.28. The first kappa shape index (κ1) is 10.8. The number of nitrogens with zero attached hydrogens (tertiary/aromatic N) is 1. The number of halogens is 2. The number of anilines is 1. The number of hydrogen-bond acceptors (Lipinski definition) is 3. The molecule has 0 saturated heterocycles. The van der Waals surface area contributed by atoms with Crippen LogP contribution in [0.5, 0.6) is 0 Å². The van der Waals surface area contributed by atoms with Gasteiger partial charge in [0, 0.05) is 10.5 Å². The minimum atomic E-state index is -0.602. The molecule has 6 heteroatoms. The molecule has 0 spiro atoms. The number of amides is 1. The summed E-state index contributed by atoms with van der Waals surface area (Å²) in [6, 6.07) is 5.77. The second-order valence-corrected chi connectivity index (χ2v) is 3.79. The van der Waals surface area contributed by atoms with Crippen LogP contribution in [-0.2, 0) is 0 Å². The number of benzene rings is 1. The Labute approximate surface area is 98.6 Å². The minimum absolute atomic E-state index is 0.0644. The van der Waals surface area contributed by atoms with Crippen molar-refractivity contribution in [2.75, 3.05) is 5.32 Å². The molecule has 2 rings (SSSR count). The summed E-state index contributed by atoms with van der Waals surface area (Å²) in [5.74, 6) is -0.950. The van der Waals surface area contributed by atoms with Gasteiger partial charge in [0.05, 0.1) is 5.56 Å². The highest BCUT2D eigenvalue weighted by molar-refractivity contribution is 9.10. The molecule has 4 nitrogen and oxygen atoms in total. The van der Waals surface area contributed by atoms with Crippen LogP contribution in [0.25, 0.3) is 0 Å². The van der Waals surface area contributed by atoms with Gasteiger partial charge in [-0.15, -0.1) is 0 Å². The lowest BCUT2D eigenvalue weighted by Crippen LogP contribution is -2.14. The molecule has 1 aromatic heterocycles. The molecule has 0 fully saturated rings. The third-order valence-corrected chi connectivity index (χ3v) is 2.53. The molecule has 0 aliphatic heterocycles. The Hall–Kier alpha value is -1.69. The molecular formula is C10H6BrFN2O2. The highest BCUT2D eigenvalue weighted by atomic mass is 79.9. The van der Waals surface area contributed by atoms with Crippen molar-refractivity contribution < 1.29 is 13.7 Å². The third kappa shape index (κ3) is 2.11. The van der Waals surface area contributed by atoms with Crippen molar-refractivity contribution in [1.82, 2.24) is 5.16 Å². The molecule has 2 aromatic rings. The van der Waals surface area contributed by atoms with Gasteiger partial charge >= 0.3 is 0 Å². The molecular weight excluding hydrogens is 279 g/mol. The van der Waals surface area contributed by atoms with E-state index in [9.17, 15) is 9.18 Å². The summed E-state index contributed by atoms with van der Waals surface area (Å²) in [7, 11) is 0. The van der Waals surface area contributed by atoms with Crippen LogP contribution in [0, 0.1) is 5.82 Å². The predicted molar refractivity (Wildman–Crippen MR) is 58.6 cm³/mol. The lowest BCUT2D eigenvalue weighted by molar-refractivity contribution is 0.102. The maximum Gasteiger partial charge on any atom is 0.261 e. The monoisotopic (exact) mass is 284 g/mol. The zero-order valence-electron chi connectivity index (χ0n) is 7.91. The summed E-state index contributed by atoms with van der Waals surface area (Å²) >= 11 is 3.11. The molecule has 0 atom stereocenters. The first-order valence-corrected chi connectivity index (χ1v) is 5.13. The standard InChI is InChI=1S/C10H6BrFN2O2/c11-6-2-1-3-7(12)9(6)10(15)13-8-4-5-16-14-8/h1-5H,(H,13,14,15). The fourth-order valence-electron chi connectivity index (χ4n) is 1.17. The van der Waals surface area contributed by atoms with E-state index < -0.39 is 11.7 Å². The Kier molecular flexibility index (Phi) is 3.00. The number of nitrogens with one attached hydrogen (secondary N) is 1. The SMILES string of the molecule is O=C(Nc1ccon1)c1c(F)cccc1Br. The number of aromatic nitrogens is 1. The molecule has 1 heterocycles. The Bertz CT molecular complexity index is 493. The quantitative estimate of drug-likeness (QED) is 0.923. The Morgan fingerprint density at radius 1 is 1.44 bits per heavy atom. The zero-order chi connectivity index (χ0) is 11.5. The van der Waals surface area contributed by atoms with Crippen molar-refractivity contribution in [3.8, 4) is 0 Å². The summed E-state index contributed by atoms with van der Waals surface area (Å²) in [4.78, 5) is 11.7. The molecule has 1 aromatic carbocycles. The van der Waals surface area contributed by atoms with Crippen LogP contribution in [0.4, 0.5) is 10.2 Å². The van der Waals surface area contributed by atoms with E-state index in [4.69, 9.17) is 0 Å². The van der Waals surface area contributed by atoms with Crippen LogP contribution in [-0.4, -0.2) is 11.1 Å². The van der Waals surface area contributed by atoms with Gasteiger partial charge in [-0.1, -0.05) is 11.2 Å². The summed E-state index contributed by atoms with van der Waals surface area (Å²) < 4.78 is 18.3. The van der Waals surface area contributed by atoms with Gasteiger partial charge in [-0.05, 0) is 28.1 Å². The van der Waals surface area contributed by atoms with Gasteiger partial charge in [0.1, 0.15) is 12.1 Å². The third-order valence-electron chi connectivity index (χ3n) is 1.87. The van der Waals surface area contributed by atoms with Gasteiger partial charge in [-0.3, -0.25) is 4.79 Å². The summed E-state index contributed by atoms with van der Waals surface area (Å²) in [5, 5.41) is 5.90. The second-order valence-electron chi connectivity index (χ2n) is 2.94. The molecule has 0 bridgehead atoms. The number of carbonyl (C=O) groups is 1. The predicted octanol–water partition coefficient (Wildman–Crippen LogP) is 2.83. The van der Waals surface area contributed by atoms with Gasteiger partial charge in [0.15, 0.2) is 5.82 Å². The first-order chi connectivity index (χ1) is 7.68. The van der Waals surface area contributed by atoms with E-state index in [0.717, 1.165) is 0 Å². The number of hydrogen-bond donors (Lipinski definition) is 1. The molecule has 1 N–H and O–H groups in total. The van der Waals surface area contributed by atoms with Crippen LogP contribution in [0.1, 0.15) is 10.4 Å². The van der Waals surface area contributed by atoms with Crippen molar-refractivity contribution in [2.24, 2.45) is 0 Å². The van der Waals surface area contributed by atoms with Crippen LogP contribution in [0.2, 0.25) is 0 Å². The van der Waals surface area contributed by atoms with E-state index in [1.54, 1.807) is 6.07 Å². The summed E-state index contributed by atoms with van der Waals surface area (Å²) in [6.07, 6.45) is 1.31. The van der Waals surface area contributed by atoms with E-state index in [1.165, 1.54) is 24.5 Å². The van der Waals surface area contributed by atoms with Crippen molar-refractivity contribution in [3.63, 3.8) is 0 Å². The average Bonchev–Trinajstić information content (AvgIpc) is 2.70. The number of rotatable bonds is 2. The largest absolute Gasteiger partial charge is 0.363 e. The van der Waals surface area contributed by atoms with E-state index in [2.05, 4.69) is 30.9 Å². The van der Waals surface area contributed by atoms with Crippen molar-refractivity contribution in [1.29, 1.82) is 0 Å². The van der Waals surface area contributed by atoms with Crippen LogP contribution in [0.15, 0.2) is 39.5 Å². The van der Waals surface area contributed by atoms with Gasteiger partial charge in [-0.2, -0.15) is 0 Å². The fraction of sp³-hybridized carbons (Fsp3) is 0. The smallest absolute Gasteiger partial charge is 0.261 e. The minimum Gasteiger partial charge on any atom is -0.363 e. The van der Waals surface area contributed by atoms with Crippen LogP contribution in [0.3, 0.4) is 0 Å². The molecule has 1 amide bonds. The lowest BCUT2D eigenvalue weighted by atomic mass is 10.2. The van der Waals surface area contributed by atoms with E-state index in [1.807, 2.05) is 0 Å². The topological polar surface area (TPSA) is 55.1 Å². The van der Waals surface area contributed by atoms with Crippen molar-refractivity contribution in [3.05, 3.63) is 46.4 Å². The Morgan fingerprint density at radius 2 is 2.25 bits per heavy atom. The van der Waals surface area contributed by atoms with Crippen LogP contribution >= 0.6 is 15.9 Å². The summed E-state index contributed by atoms with van der Waals surface area (Å²) in [6.45, 7) is 0. The maximum absolute atomic E-state index is 13.4. The van der Waals surface area contributed by atoms with Gasteiger partial charge in [0.2, 0.25) is 0 Å². The zero-order valence-corrected chi connectivity index (χ0v) is 9.49. The fourth-order valence-corrected chi connectivity index (χ4v) is 1.69. The maximum atomic E-state index is 13.4. The molecule has 0 saturated carbocycles. The average molecular weight is 285 g/mol. The van der Waals surface area contributed by atoms with Gasteiger partial charge in [-0.25, -0.2) is 4.39 Å². The summed E-state index contributed by atoms with van der Waals surface area (Å²) in [5.41, 5.74) is -0.0644. The highest BCUT2D eigenvalue weighted by Gasteiger charge is 2.16. The first-order valence-electron chi connectivity index (χ1n) is 4.34. The van der Waals surface area contributed by atoms with E-state index in [-0.39, 0.29) is 11.4 Å². The number of carbonyl (C=O) groups excluding carboxylic acids is 1. The van der Waals surface area contributed by atoms with E-state index >= 15 is 0 Å².